The number of aromatic hydroxyl groups is 1. The summed E-state index contributed by atoms with van der Waals surface area (Å²) in [6.07, 6.45) is 8.51. The first kappa shape index (κ1) is 34.1. The van der Waals surface area contributed by atoms with Crippen molar-refractivity contribution >= 4 is 76.3 Å². The zero-order chi connectivity index (χ0) is 25.6. The fourth-order valence-electron chi connectivity index (χ4n) is 5.32. The van der Waals surface area contributed by atoms with Gasteiger partial charge in [-0.1, -0.05) is 29.8 Å². The predicted molar refractivity (Wildman–Crippen MR) is 175 cm³/mol. The van der Waals surface area contributed by atoms with E-state index in [-0.39, 0.29) is 43.0 Å². The molecule has 1 aliphatic rings. The molecule has 0 saturated carbocycles. The maximum absolute atomic E-state index is 10.6. The smallest absolute Gasteiger partial charge is 0.146 e. The number of para-hydroxylation sites is 1. The summed E-state index contributed by atoms with van der Waals surface area (Å²) in [6, 6.07) is 14.0. The summed E-state index contributed by atoms with van der Waals surface area (Å²) < 4.78 is 0. The van der Waals surface area contributed by atoms with Gasteiger partial charge in [-0.2, -0.15) is 0 Å². The number of rotatable bonds is 11. The molecule has 1 aliphatic carbocycles. The molecule has 0 bridgehead atoms. The molecule has 0 unspecified atom stereocenters. The van der Waals surface area contributed by atoms with Crippen molar-refractivity contribution in [3.05, 3.63) is 70.5 Å². The quantitative estimate of drug-likeness (QED) is 0.153. The van der Waals surface area contributed by atoms with Crippen LogP contribution in [0, 0.1) is 0 Å². The molecule has 0 fully saturated rings. The highest BCUT2D eigenvalue weighted by atomic mass is 35.5. The minimum absolute atomic E-state index is 0. The van der Waals surface area contributed by atoms with Crippen LogP contribution in [0.4, 0.5) is 5.69 Å². The zero-order valence-corrected chi connectivity index (χ0v) is 26.0. The van der Waals surface area contributed by atoms with Gasteiger partial charge in [-0.3, -0.25) is 9.97 Å². The van der Waals surface area contributed by atoms with Gasteiger partial charge in [-0.15, -0.1) is 37.2 Å². The molecule has 0 spiro atoms. The topological polar surface area (TPSA) is 73.3 Å². The van der Waals surface area contributed by atoms with Gasteiger partial charge in [0.2, 0.25) is 0 Å². The van der Waals surface area contributed by atoms with Crippen LogP contribution >= 0.6 is 48.8 Å². The highest BCUT2D eigenvalue weighted by Gasteiger charge is 2.18. The summed E-state index contributed by atoms with van der Waals surface area (Å²) in [5.41, 5.74) is 6.46. The lowest BCUT2D eigenvalue weighted by atomic mass is 9.92. The molecular weight excluding hydrogens is 588 g/mol. The molecule has 6 nitrogen and oxygen atoms in total. The molecule has 40 heavy (non-hydrogen) atoms. The Labute approximate surface area is 260 Å². The number of hydrogen-bond acceptors (Lipinski definition) is 6. The maximum Gasteiger partial charge on any atom is 0.146 e. The van der Waals surface area contributed by atoms with E-state index in [9.17, 15) is 5.11 Å². The number of halogens is 4. The Hall–Kier alpha value is -2.06. The summed E-state index contributed by atoms with van der Waals surface area (Å²) in [5, 5.41) is 20.4. The molecule has 3 N–H and O–H groups in total. The Balaban J connectivity index is 0.00000187. The Morgan fingerprint density at radius 3 is 2.50 bits per heavy atom. The Bertz CT molecular complexity index is 1390. The number of phenols is 1. The second-order valence-corrected chi connectivity index (χ2v) is 10.4. The molecule has 0 radical (unpaired) electrons. The van der Waals surface area contributed by atoms with Crippen LogP contribution in [0.3, 0.4) is 0 Å². The second-order valence-electron chi connectivity index (χ2n) is 10.0. The Kier molecular flexibility index (Phi) is 14.0. The van der Waals surface area contributed by atoms with E-state index in [0.717, 1.165) is 68.3 Å². The fraction of sp³-hybridized carbons (Fsp3) is 0.400. The standard InChI is InChI=1S/C30H36ClN5O.3ClH/c1-36(17-7-14-32-20-21-19-25(31)22-11-6-15-34-29(22)30(21)37)18-8-16-33-28-23-9-2-4-12-26(23)35-27-13-5-3-10-24(27)28;;;/h2,4,6,9,11-12,15,19,32,37H,3,5,7-8,10,13-14,16-18,20H2,1H3,(H,33,35);3*1H. The van der Waals surface area contributed by atoms with E-state index in [1.165, 1.54) is 35.2 Å². The van der Waals surface area contributed by atoms with Gasteiger partial charge in [0.15, 0.2) is 0 Å². The van der Waals surface area contributed by atoms with E-state index >= 15 is 0 Å². The van der Waals surface area contributed by atoms with E-state index in [2.05, 4.69) is 51.8 Å². The lowest BCUT2D eigenvalue weighted by Gasteiger charge is -2.22. The molecule has 0 amide bonds. The number of fused-ring (bicyclic) bond motifs is 3. The normalized spacial score (nSPS) is 12.4. The molecule has 2 aromatic heterocycles. The highest BCUT2D eigenvalue weighted by molar-refractivity contribution is 6.35. The minimum atomic E-state index is 0. The Morgan fingerprint density at radius 1 is 0.950 bits per heavy atom. The van der Waals surface area contributed by atoms with Gasteiger partial charge in [0, 0.05) is 47.0 Å². The largest absolute Gasteiger partial charge is 0.505 e. The third-order valence-electron chi connectivity index (χ3n) is 7.29. The molecule has 5 rings (SSSR count). The third-order valence-corrected chi connectivity index (χ3v) is 7.60. The molecule has 2 aromatic carbocycles. The van der Waals surface area contributed by atoms with E-state index in [1.807, 2.05) is 18.2 Å². The van der Waals surface area contributed by atoms with Crippen molar-refractivity contribution in [2.45, 2.75) is 45.1 Å². The highest BCUT2D eigenvalue weighted by Crippen LogP contribution is 2.34. The summed E-state index contributed by atoms with van der Waals surface area (Å²) in [6.45, 7) is 4.46. The van der Waals surface area contributed by atoms with Crippen LogP contribution in [0.25, 0.3) is 21.8 Å². The molecule has 10 heteroatoms. The minimum Gasteiger partial charge on any atom is -0.505 e. The average Bonchev–Trinajstić information content (AvgIpc) is 2.93. The number of nitrogens with one attached hydrogen (secondary N) is 2. The molecule has 0 aliphatic heterocycles. The molecule has 2 heterocycles. The maximum atomic E-state index is 10.6. The van der Waals surface area contributed by atoms with Crippen molar-refractivity contribution in [3.63, 3.8) is 0 Å². The first-order valence-electron chi connectivity index (χ1n) is 13.4. The van der Waals surface area contributed by atoms with Crippen molar-refractivity contribution in [2.24, 2.45) is 0 Å². The molecular formula is C30H39Cl4N5O. The Morgan fingerprint density at radius 2 is 1.68 bits per heavy atom. The van der Waals surface area contributed by atoms with Gasteiger partial charge >= 0.3 is 0 Å². The molecule has 4 aromatic rings. The van der Waals surface area contributed by atoms with Crippen LogP contribution in [0.2, 0.25) is 5.02 Å². The van der Waals surface area contributed by atoms with E-state index < -0.39 is 0 Å². The van der Waals surface area contributed by atoms with Crippen molar-refractivity contribution < 1.29 is 5.11 Å². The van der Waals surface area contributed by atoms with E-state index in [1.54, 1.807) is 6.20 Å². The lowest BCUT2D eigenvalue weighted by molar-refractivity contribution is 0.325. The number of nitrogens with zero attached hydrogens (tertiary/aromatic N) is 3. The number of pyridine rings is 2. The predicted octanol–water partition coefficient (Wildman–Crippen LogP) is 7.20. The first-order valence-corrected chi connectivity index (χ1v) is 13.8. The summed E-state index contributed by atoms with van der Waals surface area (Å²) in [4.78, 5) is 11.6. The summed E-state index contributed by atoms with van der Waals surface area (Å²) in [7, 11) is 2.18. The van der Waals surface area contributed by atoms with Gasteiger partial charge in [-0.05, 0) is 95.0 Å². The van der Waals surface area contributed by atoms with Crippen molar-refractivity contribution in [1.29, 1.82) is 0 Å². The van der Waals surface area contributed by atoms with Gasteiger partial charge in [0.25, 0.3) is 0 Å². The van der Waals surface area contributed by atoms with Crippen LogP contribution in [0.1, 0.15) is 42.5 Å². The summed E-state index contributed by atoms with van der Waals surface area (Å²) >= 11 is 6.39. The third kappa shape index (κ3) is 8.03. The van der Waals surface area contributed by atoms with Crippen LogP contribution in [0.5, 0.6) is 5.75 Å². The number of hydrogen-bond donors (Lipinski definition) is 3. The average molecular weight is 627 g/mol. The van der Waals surface area contributed by atoms with Crippen LogP contribution in [-0.2, 0) is 19.4 Å². The summed E-state index contributed by atoms with van der Waals surface area (Å²) in [5.74, 6) is 0.209. The first-order chi connectivity index (χ1) is 18.1. The van der Waals surface area contributed by atoms with Crippen LogP contribution in [-0.4, -0.2) is 53.2 Å². The molecule has 0 atom stereocenters. The molecule has 218 valence electrons. The van der Waals surface area contributed by atoms with E-state index in [4.69, 9.17) is 16.6 Å². The number of anilines is 1. The van der Waals surface area contributed by atoms with Crippen molar-refractivity contribution in [2.75, 3.05) is 38.5 Å². The van der Waals surface area contributed by atoms with Gasteiger partial charge in [0.05, 0.1) is 10.5 Å². The van der Waals surface area contributed by atoms with Gasteiger partial charge in [-0.25, -0.2) is 0 Å². The number of aromatic nitrogens is 2. The van der Waals surface area contributed by atoms with Crippen molar-refractivity contribution in [1.82, 2.24) is 20.2 Å². The zero-order valence-electron chi connectivity index (χ0n) is 22.8. The molecule has 0 saturated heterocycles. The number of phenolic OH excluding ortho intramolecular Hbond substituents is 1. The van der Waals surface area contributed by atoms with Crippen LogP contribution < -0.4 is 10.6 Å². The lowest BCUT2D eigenvalue weighted by Crippen LogP contribution is -2.26. The van der Waals surface area contributed by atoms with Gasteiger partial charge < -0.3 is 20.6 Å². The van der Waals surface area contributed by atoms with Gasteiger partial charge in [0.1, 0.15) is 11.3 Å². The SMILES string of the molecule is CN(CCCNCc1cc(Cl)c2cccnc2c1O)CCCNc1c2c(nc3ccccc13)CCCC2.Cl.Cl.Cl. The second kappa shape index (κ2) is 16.4. The van der Waals surface area contributed by atoms with Crippen LogP contribution in [0.15, 0.2) is 48.7 Å². The number of benzene rings is 2. The van der Waals surface area contributed by atoms with E-state index in [0.29, 0.717) is 17.1 Å². The van der Waals surface area contributed by atoms with Crippen molar-refractivity contribution in [3.8, 4) is 5.75 Å². The fourth-order valence-corrected chi connectivity index (χ4v) is 5.60. The number of aryl methyl sites for hydroxylation is 1. The monoisotopic (exact) mass is 625 g/mol.